The molecule has 0 saturated heterocycles. The van der Waals surface area contributed by atoms with Gasteiger partial charge in [0.15, 0.2) is 0 Å². The summed E-state index contributed by atoms with van der Waals surface area (Å²) in [5.74, 6) is 0.807. The lowest BCUT2D eigenvalue weighted by Gasteiger charge is -1.95. The second-order valence-corrected chi connectivity index (χ2v) is 5.10. The van der Waals surface area contributed by atoms with Crippen molar-refractivity contribution < 1.29 is 0 Å². The molecule has 0 aliphatic heterocycles. The SMILES string of the molecule is CCc1ccc2nc(-c3c(C)nsc3N)[nH]c2c1. The molecule has 18 heavy (non-hydrogen) atoms. The number of aromatic nitrogens is 3. The molecule has 0 radical (unpaired) electrons. The molecule has 1 aromatic carbocycles. The highest BCUT2D eigenvalue weighted by Crippen LogP contribution is 2.31. The van der Waals surface area contributed by atoms with Gasteiger partial charge in [-0.05, 0) is 42.6 Å². The summed E-state index contributed by atoms with van der Waals surface area (Å²) in [6, 6.07) is 6.28. The second-order valence-electron chi connectivity index (χ2n) is 4.30. The highest BCUT2D eigenvalue weighted by atomic mass is 32.1. The molecule has 0 atom stereocenters. The van der Waals surface area contributed by atoms with Gasteiger partial charge in [0.1, 0.15) is 10.8 Å². The van der Waals surface area contributed by atoms with Crippen LogP contribution < -0.4 is 5.73 Å². The largest absolute Gasteiger partial charge is 0.389 e. The van der Waals surface area contributed by atoms with Crippen LogP contribution in [-0.2, 0) is 6.42 Å². The van der Waals surface area contributed by atoms with Gasteiger partial charge < -0.3 is 10.7 Å². The zero-order chi connectivity index (χ0) is 12.7. The molecule has 0 aliphatic rings. The number of nitrogen functional groups attached to an aromatic ring is 1. The molecule has 0 aliphatic carbocycles. The van der Waals surface area contributed by atoms with Gasteiger partial charge in [-0.1, -0.05) is 13.0 Å². The first-order chi connectivity index (χ1) is 8.69. The maximum atomic E-state index is 5.95. The van der Waals surface area contributed by atoms with E-state index < -0.39 is 0 Å². The number of anilines is 1. The Kier molecular flexibility index (Phi) is 2.56. The molecule has 4 nitrogen and oxygen atoms in total. The summed E-state index contributed by atoms with van der Waals surface area (Å²) in [6.45, 7) is 4.09. The van der Waals surface area contributed by atoms with Gasteiger partial charge in [0, 0.05) is 0 Å². The Hall–Kier alpha value is -1.88. The molecule has 2 heterocycles. The van der Waals surface area contributed by atoms with Crippen molar-refractivity contribution in [2.45, 2.75) is 20.3 Å². The number of hydrogen-bond donors (Lipinski definition) is 2. The number of aromatic amines is 1. The lowest BCUT2D eigenvalue weighted by molar-refractivity contribution is 1.14. The van der Waals surface area contributed by atoms with Gasteiger partial charge in [-0.15, -0.1) is 0 Å². The van der Waals surface area contributed by atoms with Crippen LogP contribution in [0.5, 0.6) is 0 Å². The molecule has 0 fully saturated rings. The van der Waals surface area contributed by atoms with E-state index >= 15 is 0 Å². The van der Waals surface area contributed by atoms with Gasteiger partial charge >= 0.3 is 0 Å². The molecule has 3 rings (SSSR count). The second kappa shape index (κ2) is 4.10. The normalized spacial score (nSPS) is 11.2. The summed E-state index contributed by atoms with van der Waals surface area (Å²) in [5.41, 5.74) is 11.1. The summed E-state index contributed by atoms with van der Waals surface area (Å²) < 4.78 is 4.25. The maximum Gasteiger partial charge on any atom is 0.143 e. The van der Waals surface area contributed by atoms with Crippen molar-refractivity contribution in [3.05, 3.63) is 29.5 Å². The fraction of sp³-hybridized carbons (Fsp3) is 0.231. The van der Waals surface area contributed by atoms with Crippen LogP contribution >= 0.6 is 11.5 Å². The summed E-state index contributed by atoms with van der Waals surface area (Å²) in [7, 11) is 0. The zero-order valence-corrected chi connectivity index (χ0v) is 11.1. The van der Waals surface area contributed by atoms with Crippen molar-refractivity contribution in [1.29, 1.82) is 0 Å². The fourth-order valence-electron chi connectivity index (χ4n) is 2.07. The average molecular weight is 258 g/mol. The first-order valence-corrected chi connectivity index (χ1v) is 6.67. The summed E-state index contributed by atoms with van der Waals surface area (Å²) in [5, 5.41) is 0.710. The average Bonchev–Trinajstić information content (AvgIpc) is 2.91. The molecule has 0 spiro atoms. The molecule has 0 amide bonds. The van der Waals surface area contributed by atoms with Crippen molar-refractivity contribution >= 4 is 27.6 Å². The molecule has 3 N–H and O–H groups in total. The third-order valence-corrected chi connectivity index (χ3v) is 3.85. The first-order valence-electron chi connectivity index (χ1n) is 5.89. The molecule has 2 aromatic heterocycles. The number of aryl methyl sites for hydroxylation is 2. The van der Waals surface area contributed by atoms with E-state index in [0.29, 0.717) is 5.00 Å². The van der Waals surface area contributed by atoms with Crippen LogP contribution in [0.3, 0.4) is 0 Å². The Labute approximate surface area is 109 Å². The van der Waals surface area contributed by atoms with Crippen LogP contribution in [-0.4, -0.2) is 14.3 Å². The number of fused-ring (bicyclic) bond motifs is 1. The minimum Gasteiger partial charge on any atom is -0.389 e. The van der Waals surface area contributed by atoms with Crippen LogP contribution in [0.4, 0.5) is 5.00 Å². The fourth-order valence-corrected chi connectivity index (χ4v) is 2.73. The van der Waals surface area contributed by atoms with Gasteiger partial charge in [0.05, 0.1) is 22.3 Å². The molecule has 0 saturated carbocycles. The zero-order valence-electron chi connectivity index (χ0n) is 10.3. The third kappa shape index (κ3) is 1.67. The lowest BCUT2D eigenvalue weighted by Crippen LogP contribution is -1.87. The topological polar surface area (TPSA) is 67.6 Å². The molecular formula is C13H14N4S. The number of benzene rings is 1. The van der Waals surface area contributed by atoms with E-state index in [9.17, 15) is 0 Å². The van der Waals surface area contributed by atoms with Crippen molar-refractivity contribution in [3.8, 4) is 11.4 Å². The van der Waals surface area contributed by atoms with Gasteiger partial charge in [0.2, 0.25) is 0 Å². The first kappa shape index (κ1) is 11.2. The monoisotopic (exact) mass is 258 g/mol. The smallest absolute Gasteiger partial charge is 0.143 e. The Morgan fingerprint density at radius 3 is 2.89 bits per heavy atom. The number of hydrogen-bond acceptors (Lipinski definition) is 4. The van der Waals surface area contributed by atoms with E-state index in [1.165, 1.54) is 17.1 Å². The van der Waals surface area contributed by atoms with Crippen LogP contribution in [0.2, 0.25) is 0 Å². The lowest BCUT2D eigenvalue weighted by atomic mass is 10.1. The predicted molar refractivity (Wildman–Crippen MR) is 75.7 cm³/mol. The number of nitrogens with zero attached hydrogens (tertiary/aromatic N) is 2. The van der Waals surface area contributed by atoms with Gasteiger partial charge in [-0.25, -0.2) is 4.98 Å². The maximum absolute atomic E-state index is 5.95. The Bertz CT molecular complexity index is 691. The van der Waals surface area contributed by atoms with Gasteiger partial charge in [0.25, 0.3) is 0 Å². The minimum absolute atomic E-state index is 0.710. The quantitative estimate of drug-likeness (QED) is 0.742. The van der Waals surface area contributed by atoms with Crippen LogP contribution in [0, 0.1) is 6.92 Å². The van der Waals surface area contributed by atoms with Crippen LogP contribution in [0.1, 0.15) is 18.2 Å². The molecule has 3 aromatic rings. The molecule has 92 valence electrons. The van der Waals surface area contributed by atoms with E-state index in [1.807, 2.05) is 13.0 Å². The van der Waals surface area contributed by atoms with Crippen LogP contribution in [0.15, 0.2) is 18.2 Å². The highest BCUT2D eigenvalue weighted by Gasteiger charge is 2.14. The van der Waals surface area contributed by atoms with E-state index in [2.05, 4.69) is 33.4 Å². The van der Waals surface area contributed by atoms with E-state index in [4.69, 9.17) is 5.73 Å². The number of H-pyrrole nitrogens is 1. The van der Waals surface area contributed by atoms with Crippen molar-refractivity contribution in [2.24, 2.45) is 0 Å². The van der Waals surface area contributed by atoms with Crippen molar-refractivity contribution in [2.75, 3.05) is 5.73 Å². The van der Waals surface area contributed by atoms with Gasteiger partial charge in [-0.2, -0.15) is 4.37 Å². The number of imidazole rings is 1. The number of nitrogens with one attached hydrogen (secondary N) is 1. The Morgan fingerprint density at radius 2 is 2.22 bits per heavy atom. The predicted octanol–water partition coefficient (Wildman–Crippen LogP) is 3.14. The summed E-state index contributed by atoms with van der Waals surface area (Å²) in [4.78, 5) is 7.91. The van der Waals surface area contributed by atoms with Crippen molar-refractivity contribution in [1.82, 2.24) is 14.3 Å². The molecular weight excluding hydrogens is 244 g/mol. The van der Waals surface area contributed by atoms with Crippen LogP contribution in [0.25, 0.3) is 22.4 Å². The van der Waals surface area contributed by atoms with E-state index in [-0.39, 0.29) is 0 Å². The Morgan fingerprint density at radius 1 is 1.39 bits per heavy atom. The highest BCUT2D eigenvalue weighted by molar-refractivity contribution is 7.10. The minimum atomic E-state index is 0.710. The van der Waals surface area contributed by atoms with E-state index in [1.54, 1.807) is 0 Å². The number of nitrogens with two attached hydrogens (primary N) is 1. The van der Waals surface area contributed by atoms with Crippen molar-refractivity contribution in [3.63, 3.8) is 0 Å². The van der Waals surface area contributed by atoms with Gasteiger partial charge in [-0.3, -0.25) is 0 Å². The standard InChI is InChI=1S/C13H14N4S/c1-3-8-4-5-9-10(6-8)16-13(15-9)11-7(2)17-18-12(11)14/h4-6H,3,14H2,1-2H3,(H,15,16). The van der Waals surface area contributed by atoms with E-state index in [0.717, 1.165) is 34.5 Å². The number of rotatable bonds is 2. The third-order valence-electron chi connectivity index (χ3n) is 3.08. The molecule has 0 bridgehead atoms. The summed E-state index contributed by atoms with van der Waals surface area (Å²) in [6.07, 6.45) is 1.02. The Balaban J connectivity index is 2.19. The molecule has 5 heteroatoms. The molecule has 0 unspecified atom stereocenters. The summed E-state index contributed by atoms with van der Waals surface area (Å²) >= 11 is 1.31.